The predicted octanol–water partition coefficient (Wildman–Crippen LogP) is 4.06. The maximum Gasteiger partial charge on any atom is 0.264 e. The highest BCUT2D eigenvalue weighted by molar-refractivity contribution is 6.08. The molecule has 40 heavy (non-hydrogen) atoms. The van der Waals surface area contributed by atoms with Crippen molar-refractivity contribution in [2.75, 3.05) is 29.5 Å². The lowest BCUT2D eigenvalue weighted by Crippen LogP contribution is -2.45. The van der Waals surface area contributed by atoms with E-state index in [2.05, 4.69) is 43.2 Å². The molecule has 1 saturated heterocycles. The molecule has 214 valence electrons. The standard InChI is InChI=1S/C31H41N5O4/c1-22(2)8-7-9-23(3)13-17-36-28-12-11-26(35-18-14-29(35)38)20-27(28)31(40,30(36)39)24(4)10-5-6-16-34-21-25(15-19-37)32-33-34/h5,8,10-13,20-21,24,37,40H,6-7,9,14-19H2,1-4H3/b10-5+,23-13+/t24-,31+/m1/s1. The van der Waals surface area contributed by atoms with Crippen LogP contribution < -0.4 is 9.80 Å². The third-order valence-corrected chi connectivity index (χ3v) is 7.69. The number of hydrogen-bond acceptors (Lipinski definition) is 6. The van der Waals surface area contributed by atoms with Gasteiger partial charge < -0.3 is 20.0 Å². The average Bonchev–Trinajstić information content (AvgIpc) is 3.45. The summed E-state index contributed by atoms with van der Waals surface area (Å²) in [5, 5.41) is 29.2. The number of rotatable bonds is 13. The second-order valence-corrected chi connectivity index (χ2v) is 11.0. The first-order valence-electron chi connectivity index (χ1n) is 14.1. The van der Waals surface area contributed by atoms with Gasteiger partial charge in [0, 0.05) is 62.4 Å². The molecule has 2 aliphatic heterocycles. The molecule has 1 aromatic heterocycles. The van der Waals surface area contributed by atoms with E-state index in [1.165, 1.54) is 11.1 Å². The van der Waals surface area contributed by atoms with Gasteiger partial charge in [0.2, 0.25) is 5.91 Å². The lowest BCUT2D eigenvalue weighted by atomic mass is 9.82. The number of amides is 2. The largest absolute Gasteiger partial charge is 0.396 e. The van der Waals surface area contributed by atoms with Gasteiger partial charge in [0.15, 0.2) is 5.60 Å². The fraction of sp³-hybridized carbons (Fsp3) is 0.484. The van der Waals surface area contributed by atoms with Crippen molar-refractivity contribution in [3.05, 3.63) is 71.1 Å². The fourth-order valence-electron chi connectivity index (χ4n) is 5.13. The maximum absolute atomic E-state index is 13.9. The normalized spacial score (nSPS) is 19.8. The highest BCUT2D eigenvalue weighted by Gasteiger charge is 2.52. The van der Waals surface area contributed by atoms with Crippen LogP contribution in [0.1, 0.15) is 64.6 Å². The van der Waals surface area contributed by atoms with Crippen molar-refractivity contribution in [3.8, 4) is 0 Å². The zero-order chi connectivity index (χ0) is 28.9. The topological polar surface area (TPSA) is 112 Å². The van der Waals surface area contributed by atoms with Gasteiger partial charge in [-0.3, -0.25) is 14.3 Å². The van der Waals surface area contributed by atoms with Gasteiger partial charge in [-0.25, -0.2) is 0 Å². The van der Waals surface area contributed by atoms with Crippen molar-refractivity contribution in [1.29, 1.82) is 0 Å². The fourth-order valence-corrected chi connectivity index (χ4v) is 5.13. The van der Waals surface area contributed by atoms with Crippen LogP contribution in [0.3, 0.4) is 0 Å². The Morgan fingerprint density at radius 1 is 1.18 bits per heavy atom. The molecule has 0 unspecified atom stereocenters. The predicted molar refractivity (Wildman–Crippen MR) is 156 cm³/mol. The number of benzene rings is 1. The molecule has 2 amide bonds. The summed E-state index contributed by atoms with van der Waals surface area (Å²) in [6.07, 6.45) is 13.4. The van der Waals surface area contributed by atoms with Crippen molar-refractivity contribution in [2.24, 2.45) is 5.92 Å². The average molecular weight is 548 g/mol. The quantitative estimate of drug-likeness (QED) is 0.289. The highest BCUT2D eigenvalue weighted by Crippen LogP contribution is 2.47. The minimum atomic E-state index is -1.75. The number of fused-ring (bicyclic) bond motifs is 1. The molecule has 2 aromatic rings. The summed E-state index contributed by atoms with van der Waals surface area (Å²) in [6.45, 7) is 9.71. The Labute approximate surface area is 236 Å². The molecule has 4 rings (SSSR count). The van der Waals surface area contributed by atoms with Gasteiger partial charge in [-0.05, 0) is 58.2 Å². The molecule has 9 heteroatoms. The number of nitrogens with zero attached hydrogens (tertiary/aromatic N) is 5. The van der Waals surface area contributed by atoms with Crippen LogP contribution >= 0.6 is 0 Å². The minimum Gasteiger partial charge on any atom is -0.396 e. The van der Waals surface area contributed by atoms with Gasteiger partial charge in [-0.15, -0.1) is 5.10 Å². The molecule has 0 spiro atoms. The van der Waals surface area contributed by atoms with E-state index in [-0.39, 0.29) is 18.4 Å². The number of β-lactam (4-membered cyclic amide) rings is 1. The highest BCUT2D eigenvalue weighted by atomic mass is 16.3. The lowest BCUT2D eigenvalue weighted by Gasteiger charge is -2.32. The molecule has 0 saturated carbocycles. The first-order chi connectivity index (χ1) is 19.1. The Hall–Kier alpha value is -3.56. The van der Waals surface area contributed by atoms with E-state index in [1.807, 2.05) is 37.4 Å². The van der Waals surface area contributed by atoms with Crippen molar-refractivity contribution in [3.63, 3.8) is 0 Å². The Kier molecular flexibility index (Phi) is 9.37. The van der Waals surface area contributed by atoms with Crippen molar-refractivity contribution >= 4 is 23.2 Å². The lowest BCUT2D eigenvalue weighted by molar-refractivity contribution is -0.139. The van der Waals surface area contributed by atoms with Gasteiger partial charge in [0.05, 0.1) is 11.4 Å². The summed E-state index contributed by atoms with van der Waals surface area (Å²) < 4.78 is 1.72. The first-order valence-corrected chi connectivity index (χ1v) is 14.1. The van der Waals surface area contributed by atoms with Crippen LogP contribution in [-0.2, 0) is 28.2 Å². The molecule has 3 heterocycles. The summed E-state index contributed by atoms with van der Waals surface area (Å²) in [5.74, 6) is -0.817. The number of hydrogen-bond donors (Lipinski definition) is 2. The van der Waals surface area contributed by atoms with E-state index >= 15 is 0 Å². The summed E-state index contributed by atoms with van der Waals surface area (Å²) in [5.41, 5.74) is 3.38. The molecule has 0 bridgehead atoms. The van der Waals surface area contributed by atoms with Crippen molar-refractivity contribution < 1.29 is 19.8 Å². The molecule has 2 N–H and O–H groups in total. The number of aliphatic hydroxyl groups excluding tert-OH is 1. The van der Waals surface area contributed by atoms with Gasteiger partial charge in [0.25, 0.3) is 5.91 Å². The van der Waals surface area contributed by atoms with Crippen LogP contribution in [0, 0.1) is 5.92 Å². The van der Waals surface area contributed by atoms with Crippen LogP contribution in [-0.4, -0.2) is 56.7 Å². The Morgan fingerprint density at radius 3 is 2.65 bits per heavy atom. The zero-order valence-electron chi connectivity index (χ0n) is 24.0. The molecule has 0 aliphatic carbocycles. The van der Waals surface area contributed by atoms with E-state index in [1.54, 1.807) is 20.5 Å². The monoisotopic (exact) mass is 547 g/mol. The van der Waals surface area contributed by atoms with Crippen LogP contribution in [0.5, 0.6) is 0 Å². The number of aryl methyl sites for hydroxylation is 1. The number of carbonyl (C=O) groups excluding carboxylic acids is 2. The van der Waals surface area contributed by atoms with E-state index in [4.69, 9.17) is 5.11 Å². The summed E-state index contributed by atoms with van der Waals surface area (Å²) >= 11 is 0. The van der Waals surface area contributed by atoms with Crippen LogP contribution in [0.4, 0.5) is 11.4 Å². The third-order valence-electron chi connectivity index (χ3n) is 7.69. The molecular weight excluding hydrogens is 506 g/mol. The molecular formula is C31H41N5O4. The van der Waals surface area contributed by atoms with E-state index < -0.39 is 11.5 Å². The van der Waals surface area contributed by atoms with Gasteiger partial charge in [-0.2, -0.15) is 0 Å². The summed E-state index contributed by atoms with van der Waals surface area (Å²) in [6, 6.07) is 5.51. The maximum atomic E-state index is 13.9. The zero-order valence-corrected chi connectivity index (χ0v) is 24.0. The SMILES string of the molecule is CC(C)=CCC/C(C)=C/CN1C(=O)[C@](O)([C@H](C)/C=C/CCn2cc(CCO)nn2)c2cc(N3CCC3=O)ccc21. The molecule has 2 atom stereocenters. The molecule has 1 aromatic carbocycles. The number of anilines is 2. The Bertz CT molecular complexity index is 1320. The number of aliphatic hydroxyl groups is 2. The minimum absolute atomic E-state index is 0.0279. The number of aromatic nitrogens is 3. The van der Waals surface area contributed by atoms with Crippen molar-refractivity contribution in [1.82, 2.24) is 15.0 Å². The smallest absolute Gasteiger partial charge is 0.264 e. The third kappa shape index (κ3) is 6.26. The molecule has 1 fully saturated rings. The second-order valence-electron chi connectivity index (χ2n) is 11.0. The van der Waals surface area contributed by atoms with E-state index in [0.29, 0.717) is 55.8 Å². The summed E-state index contributed by atoms with van der Waals surface area (Å²) in [7, 11) is 0. The van der Waals surface area contributed by atoms with Gasteiger partial charge >= 0.3 is 0 Å². The number of allylic oxidation sites excluding steroid dienone is 4. The Balaban J connectivity index is 1.54. The van der Waals surface area contributed by atoms with Crippen LogP contribution in [0.2, 0.25) is 0 Å². The van der Waals surface area contributed by atoms with Gasteiger partial charge in [-0.1, -0.05) is 47.6 Å². The van der Waals surface area contributed by atoms with E-state index in [9.17, 15) is 14.7 Å². The van der Waals surface area contributed by atoms with Crippen LogP contribution in [0.25, 0.3) is 0 Å². The summed E-state index contributed by atoms with van der Waals surface area (Å²) in [4.78, 5) is 29.3. The molecule has 9 nitrogen and oxygen atoms in total. The van der Waals surface area contributed by atoms with E-state index in [0.717, 1.165) is 18.5 Å². The second kappa shape index (κ2) is 12.7. The first kappa shape index (κ1) is 29.4. The molecule has 0 radical (unpaired) electrons. The van der Waals surface area contributed by atoms with Crippen LogP contribution in [0.15, 0.2) is 59.8 Å². The van der Waals surface area contributed by atoms with Crippen molar-refractivity contribution in [2.45, 2.75) is 71.9 Å². The Morgan fingerprint density at radius 2 is 1.98 bits per heavy atom. The van der Waals surface area contributed by atoms with Gasteiger partial charge in [0.1, 0.15) is 0 Å². The number of carbonyl (C=O) groups is 2. The molecule has 2 aliphatic rings.